The number of aromatic nitrogens is 1. The van der Waals surface area contributed by atoms with Crippen molar-refractivity contribution < 1.29 is 4.42 Å². The normalized spacial score (nSPS) is 14.7. The van der Waals surface area contributed by atoms with Crippen LogP contribution < -0.4 is 19.8 Å². The summed E-state index contributed by atoms with van der Waals surface area (Å²) < 4.78 is 8.67. The quantitative estimate of drug-likeness (QED) is 0.577. The Morgan fingerprint density at radius 1 is 1.22 bits per heavy atom. The van der Waals surface area contributed by atoms with Crippen molar-refractivity contribution in [1.82, 2.24) is 4.57 Å². The van der Waals surface area contributed by atoms with Gasteiger partial charge in [-0.2, -0.15) is 0 Å². The van der Waals surface area contributed by atoms with Gasteiger partial charge in [0, 0.05) is 11.8 Å². The van der Waals surface area contributed by atoms with Crippen LogP contribution in [0.5, 0.6) is 0 Å². The molecule has 1 aliphatic heterocycles. The van der Waals surface area contributed by atoms with E-state index in [0.29, 0.717) is 23.6 Å². The minimum atomic E-state index is -0.0270. The predicted octanol–water partition coefficient (Wildman–Crippen LogP) is 1.99. The Hall–Kier alpha value is -1.87. The topological polar surface area (TPSA) is 50.7 Å². The zero-order valence-corrected chi connectivity index (χ0v) is 15.0. The van der Waals surface area contributed by atoms with E-state index in [1.165, 1.54) is 11.3 Å². The molecule has 2 aromatic heterocycles. The van der Waals surface area contributed by atoms with Gasteiger partial charge in [-0.15, -0.1) is 0 Å². The maximum atomic E-state index is 12.6. The summed E-state index contributed by atoms with van der Waals surface area (Å²) in [5, 5.41) is 0. The Kier molecular flexibility index (Phi) is 3.82. The number of thiazole rings is 1. The zero-order chi connectivity index (χ0) is 15.8. The van der Waals surface area contributed by atoms with Crippen molar-refractivity contribution >= 4 is 45.7 Å². The average molecular weight is 437 g/mol. The third-order valence-corrected chi connectivity index (χ3v) is 5.19. The van der Waals surface area contributed by atoms with Gasteiger partial charge in [-0.25, -0.2) is 4.99 Å². The van der Waals surface area contributed by atoms with Crippen LogP contribution in [0.4, 0.5) is 5.69 Å². The molecular weight excluding hydrogens is 425 g/mol. The van der Waals surface area contributed by atoms with Crippen molar-refractivity contribution in [3.63, 3.8) is 0 Å². The molecule has 23 heavy (non-hydrogen) atoms. The molecule has 0 aliphatic carbocycles. The van der Waals surface area contributed by atoms with Crippen LogP contribution in [0.15, 0.2) is 56.7 Å². The van der Waals surface area contributed by atoms with Gasteiger partial charge in [0.2, 0.25) is 0 Å². The van der Waals surface area contributed by atoms with Gasteiger partial charge in [-0.1, -0.05) is 29.5 Å². The molecule has 3 aromatic rings. The summed E-state index contributed by atoms with van der Waals surface area (Å²) in [6.07, 6.45) is 1.78. The number of halogens is 1. The van der Waals surface area contributed by atoms with Crippen LogP contribution in [-0.2, 0) is 6.67 Å². The summed E-state index contributed by atoms with van der Waals surface area (Å²) in [4.78, 5) is 20.0. The summed E-state index contributed by atoms with van der Waals surface area (Å²) in [5.74, 6) is 0.686. The summed E-state index contributed by atoms with van der Waals surface area (Å²) in [5.41, 5.74) is 1.03. The standard InChI is InChI=1S/C16H12IN3O2S/c17-14-7-6-12(22-14)8-13-15(21)20-10-19(9-18-16(20)23-13)11-4-2-1-3-5-11/h1-8H,9-10H2. The summed E-state index contributed by atoms with van der Waals surface area (Å²) in [6.45, 7) is 1.07. The van der Waals surface area contributed by atoms with E-state index in [1.807, 2.05) is 42.5 Å². The highest BCUT2D eigenvalue weighted by molar-refractivity contribution is 14.1. The number of para-hydroxylation sites is 1. The largest absolute Gasteiger partial charge is 0.451 e. The first kappa shape index (κ1) is 14.7. The van der Waals surface area contributed by atoms with Crippen molar-refractivity contribution in [1.29, 1.82) is 0 Å². The summed E-state index contributed by atoms with van der Waals surface area (Å²) >= 11 is 3.51. The molecule has 3 heterocycles. The van der Waals surface area contributed by atoms with E-state index in [-0.39, 0.29) is 5.56 Å². The van der Waals surface area contributed by atoms with E-state index in [4.69, 9.17) is 4.42 Å². The van der Waals surface area contributed by atoms with Gasteiger partial charge in [0.05, 0.1) is 4.53 Å². The van der Waals surface area contributed by atoms with E-state index in [0.717, 1.165) is 14.3 Å². The Bertz CT molecular complexity index is 1020. The first-order valence-corrected chi connectivity index (χ1v) is 8.91. The second-order valence-electron chi connectivity index (χ2n) is 5.08. The average Bonchev–Trinajstić information content (AvgIpc) is 3.12. The monoisotopic (exact) mass is 437 g/mol. The molecule has 7 heteroatoms. The van der Waals surface area contributed by atoms with Crippen molar-refractivity contribution in [2.24, 2.45) is 4.99 Å². The Morgan fingerprint density at radius 2 is 2.04 bits per heavy atom. The van der Waals surface area contributed by atoms with Crippen LogP contribution in [0.25, 0.3) is 6.08 Å². The van der Waals surface area contributed by atoms with E-state index >= 15 is 0 Å². The lowest BCUT2D eigenvalue weighted by Crippen LogP contribution is -2.42. The second kappa shape index (κ2) is 5.97. The Morgan fingerprint density at radius 3 is 2.78 bits per heavy atom. The first-order valence-electron chi connectivity index (χ1n) is 7.02. The first-order chi connectivity index (χ1) is 11.2. The lowest BCUT2D eigenvalue weighted by Gasteiger charge is -2.25. The molecule has 0 saturated carbocycles. The van der Waals surface area contributed by atoms with Gasteiger partial charge in [0.25, 0.3) is 5.56 Å². The number of hydrogen-bond acceptors (Lipinski definition) is 5. The fourth-order valence-electron chi connectivity index (χ4n) is 2.45. The third kappa shape index (κ3) is 2.86. The highest BCUT2D eigenvalue weighted by Gasteiger charge is 2.15. The number of benzene rings is 1. The van der Waals surface area contributed by atoms with Crippen molar-refractivity contribution in [3.05, 3.63) is 71.7 Å². The molecule has 1 aromatic carbocycles. The highest BCUT2D eigenvalue weighted by atomic mass is 127. The molecule has 0 amide bonds. The molecule has 116 valence electrons. The molecular formula is C16H12IN3O2S. The van der Waals surface area contributed by atoms with Crippen LogP contribution in [0.1, 0.15) is 5.76 Å². The van der Waals surface area contributed by atoms with E-state index in [1.54, 1.807) is 10.6 Å². The fourth-order valence-corrected chi connectivity index (χ4v) is 3.83. The number of furan rings is 1. The minimum absolute atomic E-state index is 0.0270. The maximum Gasteiger partial charge on any atom is 0.271 e. The van der Waals surface area contributed by atoms with Gasteiger partial charge >= 0.3 is 0 Å². The highest BCUT2D eigenvalue weighted by Crippen LogP contribution is 2.14. The van der Waals surface area contributed by atoms with Gasteiger partial charge in [0.15, 0.2) is 8.57 Å². The summed E-state index contributed by atoms with van der Waals surface area (Å²) in [7, 11) is 0. The molecule has 0 fully saturated rings. The Labute approximate surface area is 149 Å². The van der Waals surface area contributed by atoms with Crippen molar-refractivity contribution in [3.8, 4) is 0 Å². The third-order valence-electron chi connectivity index (χ3n) is 3.57. The van der Waals surface area contributed by atoms with Crippen LogP contribution in [0, 0.1) is 3.77 Å². The molecule has 0 N–H and O–H groups in total. The molecule has 1 aliphatic rings. The van der Waals surface area contributed by atoms with Crippen LogP contribution in [0.2, 0.25) is 0 Å². The SMILES string of the molecule is O=c1c(=Cc2ccc(I)o2)sc2n1CN(c1ccccc1)CN=2. The lowest BCUT2D eigenvalue weighted by atomic mass is 10.3. The van der Waals surface area contributed by atoms with Crippen LogP contribution >= 0.6 is 33.9 Å². The Balaban J connectivity index is 1.74. The van der Waals surface area contributed by atoms with Gasteiger partial charge in [0.1, 0.15) is 19.1 Å². The second-order valence-corrected chi connectivity index (χ2v) is 7.16. The smallest absolute Gasteiger partial charge is 0.271 e. The molecule has 0 spiro atoms. The molecule has 0 bridgehead atoms. The maximum absolute atomic E-state index is 12.6. The number of rotatable bonds is 2. The lowest BCUT2D eigenvalue weighted by molar-refractivity contribution is 0.528. The van der Waals surface area contributed by atoms with Crippen LogP contribution in [-0.4, -0.2) is 11.2 Å². The van der Waals surface area contributed by atoms with Gasteiger partial charge < -0.3 is 9.32 Å². The molecule has 0 saturated heterocycles. The number of hydrogen-bond donors (Lipinski definition) is 0. The van der Waals surface area contributed by atoms with Gasteiger partial charge in [-0.3, -0.25) is 9.36 Å². The van der Waals surface area contributed by atoms with Crippen LogP contribution in [0.3, 0.4) is 0 Å². The summed E-state index contributed by atoms with van der Waals surface area (Å²) in [6, 6.07) is 13.7. The molecule has 4 rings (SSSR count). The fraction of sp³-hybridized carbons (Fsp3) is 0.125. The molecule has 0 atom stereocenters. The van der Waals surface area contributed by atoms with E-state index in [2.05, 4.69) is 32.5 Å². The van der Waals surface area contributed by atoms with Gasteiger partial charge in [-0.05, 0) is 46.9 Å². The van der Waals surface area contributed by atoms with Crippen molar-refractivity contribution in [2.75, 3.05) is 11.6 Å². The van der Waals surface area contributed by atoms with E-state index < -0.39 is 0 Å². The zero-order valence-electron chi connectivity index (χ0n) is 12.0. The minimum Gasteiger partial charge on any atom is -0.451 e. The number of nitrogens with zero attached hydrogens (tertiary/aromatic N) is 3. The van der Waals surface area contributed by atoms with Crippen molar-refractivity contribution in [2.45, 2.75) is 6.67 Å². The number of anilines is 1. The molecule has 0 unspecified atom stereocenters. The molecule has 5 nitrogen and oxygen atoms in total. The predicted molar refractivity (Wildman–Crippen MR) is 98.1 cm³/mol. The number of fused-ring (bicyclic) bond motifs is 1. The molecule has 0 radical (unpaired) electrons. The van der Waals surface area contributed by atoms with E-state index in [9.17, 15) is 4.79 Å².